The van der Waals surface area contributed by atoms with E-state index in [4.69, 9.17) is 10.2 Å². The summed E-state index contributed by atoms with van der Waals surface area (Å²) < 4.78 is 0. The summed E-state index contributed by atoms with van der Waals surface area (Å²) in [5.41, 5.74) is 0. The van der Waals surface area contributed by atoms with Crippen LogP contribution in [0, 0.1) is 0 Å². The van der Waals surface area contributed by atoms with Crippen LogP contribution in [0.4, 0.5) is 0 Å². The molecule has 2 N–H and O–H groups in total. The number of carbonyl (C=O) groups is 1. The number of hydrogen-bond donors (Lipinski definition) is 2. The lowest BCUT2D eigenvalue weighted by Crippen LogP contribution is -2.48. The molecule has 0 radical (unpaired) electrons. The molecule has 1 heterocycles. The standard InChI is InChI=1S/C8H16N2O3.2ClH/c11-6-5-9-1-3-10(4-2-9)7-8(12)13;;/h11H,1-7H2,(H,12,13);2*1H. The Balaban J connectivity index is 0. The molecule has 0 aromatic heterocycles. The summed E-state index contributed by atoms with van der Waals surface area (Å²) in [7, 11) is 0. The normalized spacial score (nSPS) is 17.7. The van der Waals surface area contributed by atoms with Crippen molar-refractivity contribution < 1.29 is 15.0 Å². The lowest BCUT2D eigenvalue weighted by molar-refractivity contribution is -0.138. The maximum absolute atomic E-state index is 10.4. The highest BCUT2D eigenvalue weighted by Crippen LogP contribution is 2.00. The number of nitrogens with zero attached hydrogens (tertiary/aromatic N) is 2. The van der Waals surface area contributed by atoms with Gasteiger partial charge in [0, 0.05) is 32.7 Å². The minimum Gasteiger partial charge on any atom is -0.480 e. The topological polar surface area (TPSA) is 64.0 Å². The molecule has 0 bridgehead atoms. The molecule has 92 valence electrons. The third kappa shape index (κ3) is 6.92. The van der Waals surface area contributed by atoms with Gasteiger partial charge in [0.15, 0.2) is 0 Å². The SMILES string of the molecule is Cl.Cl.O=C(O)CN1CCN(CCO)CC1. The van der Waals surface area contributed by atoms with E-state index in [1.165, 1.54) is 0 Å². The van der Waals surface area contributed by atoms with Crippen molar-refractivity contribution in [3.63, 3.8) is 0 Å². The summed E-state index contributed by atoms with van der Waals surface area (Å²) in [5.74, 6) is -0.768. The Morgan fingerprint density at radius 1 is 1.07 bits per heavy atom. The van der Waals surface area contributed by atoms with Crippen LogP contribution in [0.25, 0.3) is 0 Å². The van der Waals surface area contributed by atoms with Crippen LogP contribution >= 0.6 is 24.8 Å². The van der Waals surface area contributed by atoms with Crippen molar-refractivity contribution in [3.05, 3.63) is 0 Å². The maximum atomic E-state index is 10.4. The summed E-state index contributed by atoms with van der Waals surface area (Å²) in [6, 6.07) is 0. The van der Waals surface area contributed by atoms with Gasteiger partial charge >= 0.3 is 5.97 Å². The van der Waals surface area contributed by atoms with Gasteiger partial charge in [-0.25, -0.2) is 0 Å². The summed E-state index contributed by atoms with van der Waals surface area (Å²) >= 11 is 0. The number of halogens is 2. The van der Waals surface area contributed by atoms with Gasteiger partial charge in [-0.3, -0.25) is 14.6 Å². The molecule has 0 aliphatic carbocycles. The van der Waals surface area contributed by atoms with E-state index in [0.717, 1.165) is 26.2 Å². The molecule has 0 unspecified atom stereocenters. The zero-order valence-electron chi connectivity index (χ0n) is 8.46. The number of aliphatic hydroxyl groups is 1. The number of piperazine rings is 1. The van der Waals surface area contributed by atoms with Gasteiger partial charge in [-0.05, 0) is 0 Å². The maximum Gasteiger partial charge on any atom is 0.317 e. The van der Waals surface area contributed by atoms with E-state index < -0.39 is 5.97 Å². The first kappa shape index (κ1) is 17.3. The zero-order valence-corrected chi connectivity index (χ0v) is 10.1. The van der Waals surface area contributed by atoms with Gasteiger partial charge in [-0.2, -0.15) is 0 Å². The van der Waals surface area contributed by atoms with Crippen molar-refractivity contribution in [2.75, 3.05) is 45.9 Å². The molecule has 1 saturated heterocycles. The van der Waals surface area contributed by atoms with E-state index in [1.54, 1.807) is 0 Å². The van der Waals surface area contributed by atoms with Gasteiger partial charge in [0.1, 0.15) is 0 Å². The van der Waals surface area contributed by atoms with Crippen LogP contribution in [0.3, 0.4) is 0 Å². The minimum absolute atomic E-state index is 0. The first-order valence-electron chi connectivity index (χ1n) is 4.49. The summed E-state index contributed by atoms with van der Waals surface area (Å²) in [5, 5.41) is 17.2. The summed E-state index contributed by atoms with van der Waals surface area (Å²) in [4.78, 5) is 14.4. The quantitative estimate of drug-likeness (QED) is 0.716. The van der Waals surface area contributed by atoms with Crippen LogP contribution < -0.4 is 0 Å². The van der Waals surface area contributed by atoms with Crippen LogP contribution in [0.5, 0.6) is 0 Å². The fraction of sp³-hybridized carbons (Fsp3) is 0.875. The highest BCUT2D eigenvalue weighted by molar-refractivity contribution is 5.85. The Labute approximate surface area is 102 Å². The van der Waals surface area contributed by atoms with Crippen LogP contribution in [-0.4, -0.2) is 71.9 Å². The molecule has 1 aliphatic rings. The Kier molecular flexibility index (Phi) is 10.6. The highest BCUT2D eigenvalue weighted by Gasteiger charge is 2.17. The van der Waals surface area contributed by atoms with E-state index in [-0.39, 0.29) is 38.0 Å². The van der Waals surface area contributed by atoms with Crippen molar-refractivity contribution in [2.24, 2.45) is 0 Å². The molecule has 1 rings (SSSR count). The molecule has 0 aromatic carbocycles. The molecule has 0 aromatic rings. The van der Waals surface area contributed by atoms with Crippen LogP contribution in [0.15, 0.2) is 0 Å². The molecule has 0 amide bonds. The molecular weight excluding hydrogens is 243 g/mol. The van der Waals surface area contributed by atoms with Crippen LogP contribution in [0.1, 0.15) is 0 Å². The largest absolute Gasteiger partial charge is 0.480 e. The first-order valence-corrected chi connectivity index (χ1v) is 4.49. The van der Waals surface area contributed by atoms with E-state index >= 15 is 0 Å². The van der Waals surface area contributed by atoms with Gasteiger partial charge in [-0.1, -0.05) is 0 Å². The molecule has 0 saturated carbocycles. The monoisotopic (exact) mass is 260 g/mol. The number of β-amino-alcohol motifs (C(OH)–C–C–N with tert-alkyl or cyclic N) is 1. The highest BCUT2D eigenvalue weighted by atomic mass is 35.5. The number of aliphatic carboxylic acids is 1. The third-order valence-corrected chi connectivity index (χ3v) is 2.24. The predicted octanol–water partition coefficient (Wildman–Crippen LogP) is -0.476. The van der Waals surface area contributed by atoms with Crippen molar-refractivity contribution in [3.8, 4) is 0 Å². The molecule has 1 aliphatic heterocycles. The Morgan fingerprint density at radius 2 is 1.53 bits per heavy atom. The number of hydrogen-bond acceptors (Lipinski definition) is 4. The zero-order chi connectivity index (χ0) is 9.68. The van der Waals surface area contributed by atoms with Gasteiger partial charge in [-0.15, -0.1) is 24.8 Å². The van der Waals surface area contributed by atoms with Crippen molar-refractivity contribution >= 4 is 30.8 Å². The van der Waals surface area contributed by atoms with Gasteiger partial charge < -0.3 is 10.2 Å². The molecule has 0 atom stereocenters. The second-order valence-electron chi connectivity index (χ2n) is 3.24. The van der Waals surface area contributed by atoms with E-state index in [0.29, 0.717) is 6.54 Å². The second kappa shape index (κ2) is 9.18. The Bertz CT molecular complexity index is 175. The minimum atomic E-state index is -0.768. The lowest BCUT2D eigenvalue weighted by Gasteiger charge is -2.33. The smallest absolute Gasteiger partial charge is 0.317 e. The van der Waals surface area contributed by atoms with Gasteiger partial charge in [0.2, 0.25) is 0 Å². The van der Waals surface area contributed by atoms with E-state index in [9.17, 15) is 4.79 Å². The molecule has 15 heavy (non-hydrogen) atoms. The first-order chi connectivity index (χ1) is 6.22. The average molecular weight is 261 g/mol. The second-order valence-corrected chi connectivity index (χ2v) is 3.24. The average Bonchev–Trinajstić information content (AvgIpc) is 2.08. The van der Waals surface area contributed by atoms with Gasteiger partial charge in [0.05, 0.1) is 13.2 Å². The van der Waals surface area contributed by atoms with Crippen molar-refractivity contribution in [2.45, 2.75) is 0 Å². The third-order valence-electron chi connectivity index (χ3n) is 2.24. The molecule has 5 nitrogen and oxygen atoms in total. The van der Waals surface area contributed by atoms with E-state index in [1.807, 2.05) is 4.90 Å². The summed E-state index contributed by atoms with van der Waals surface area (Å²) in [6.07, 6.45) is 0. The molecule has 7 heteroatoms. The number of rotatable bonds is 4. The van der Waals surface area contributed by atoms with Gasteiger partial charge in [0.25, 0.3) is 0 Å². The molecule has 0 spiro atoms. The van der Waals surface area contributed by atoms with Crippen LogP contribution in [-0.2, 0) is 4.79 Å². The lowest BCUT2D eigenvalue weighted by atomic mass is 10.3. The molecule has 1 fully saturated rings. The summed E-state index contributed by atoms with van der Waals surface area (Å²) in [6.45, 7) is 4.28. The number of aliphatic hydroxyl groups excluding tert-OH is 1. The van der Waals surface area contributed by atoms with Crippen molar-refractivity contribution in [1.82, 2.24) is 9.80 Å². The number of carboxylic acid groups (broad SMARTS) is 1. The molecular formula is C8H18Cl2N2O3. The fourth-order valence-corrected chi connectivity index (χ4v) is 1.50. The Morgan fingerprint density at radius 3 is 1.93 bits per heavy atom. The fourth-order valence-electron chi connectivity index (χ4n) is 1.50. The predicted molar refractivity (Wildman–Crippen MR) is 62.1 cm³/mol. The van der Waals surface area contributed by atoms with Crippen LogP contribution in [0.2, 0.25) is 0 Å². The Hall–Kier alpha value is -0.0700. The van der Waals surface area contributed by atoms with E-state index in [2.05, 4.69) is 4.90 Å². The van der Waals surface area contributed by atoms with Crippen molar-refractivity contribution in [1.29, 1.82) is 0 Å². The number of carboxylic acids is 1.